The summed E-state index contributed by atoms with van der Waals surface area (Å²) in [5.41, 5.74) is 3.03. The number of nitrogens with zero attached hydrogens (tertiary/aromatic N) is 3. The number of aliphatic hydroxyl groups is 1. The van der Waals surface area contributed by atoms with E-state index in [0.29, 0.717) is 5.92 Å². The summed E-state index contributed by atoms with van der Waals surface area (Å²) in [7, 11) is 0. The summed E-state index contributed by atoms with van der Waals surface area (Å²) in [6, 6.07) is 12.0. The number of benzene rings is 1. The van der Waals surface area contributed by atoms with Crippen LogP contribution in [0.15, 0.2) is 36.4 Å². The molecule has 4 heteroatoms. The van der Waals surface area contributed by atoms with Crippen molar-refractivity contribution < 1.29 is 5.11 Å². The van der Waals surface area contributed by atoms with Gasteiger partial charge in [0.25, 0.3) is 0 Å². The number of aliphatic hydroxyl groups excluding tert-OH is 1. The summed E-state index contributed by atoms with van der Waals surface area (Å²) < 4.78 is 0. The summed E-state index contributed by atoms with van der Waals surface area (Å²) in [6.45, 7) is 5.81. The number of rotatable bonds is 3. The molecule has 0 radical (unpaired) electrons. The highest BCUT2D eigenvalue weighted by Gasteiger charge is 2.27. The molecule has 1 fully saturated rings. The Morgan fingerprint density at radius 2 is 1.64 bits per heavy atom. The van der Waals surface area contributed by atoms with Gasteiger partial charge in [0, 0.05) is 24.5 Å². The maximum atomic E-state index is 10.5. The van der Waals surface area contributed by atoms with Gasteiger partial charge < -0.3 is 10.0 Å². The van der Waals surface area contributed by atoms with Crippen LogP contribution in [0.1, 0.15) is 35.9 Å². The van der Waals surface area contributed by atoms with Crippen molar-refractivity contribution in [3.8, 4) is 0 Å². The lowest BCUT2D eigenvalue weighted by Crippen LogP contribution is -2.36. The molecule has 1 atom stereocenters. The Labute approximate surface area is 131 Å². The van der Waals surface area contributed by atoms with E-state index in [1.165, 1.54) is 0 Å². The normalized spacial score (nSPS) is 17.5. The van der Waals surface area contributed by atoms with Gasteiger partial charge in [-0.1, -0.05) is 30.3 Å². The molecule has 1 aliphatic heterocycles. The monoisotopic (exact) mass is 297 g/mol. The van der Waals surface area contributed by atoms with E-state index in [-0.39, 0.29) is 6.10 Å². The average Bonchev–Trinajstić information content (AvgIpc) is 2.54. The van der Waals surface area contributed by atoms with Gasteiger partial charge in [-0.05, 0) is 44.2 Å². The van der Waals surface area contributed by atoms with Crippen LogP contribution in [0.5, 0.6) is 0 Å². The van der Waals surface area contributed by atoms with Gasteiger partial charge in [0.15, 0.2) is 0 Å². The van der Waals surface area contributed by atoms with Crippen LogP contribution in [0, 0.1) is 19.8 Å². The molecule has 0 unspecified atom stereocenters. The summed E-state index contributed by atoms with van der Waals surface area (Å²) in [5.74, 6) is 1.13. The van der Waals surface area contributed by atoms with Gasteiger partial charge in [0.2, 0.25) is 5.95 Å². The van der Waals surface area contributed by atoms with E-state index >= 15 is 0 Å². The number of aryl methyl sites for hydroxylation is 2. The van der Waals surface area contributed by atoms with Crippen LogP contribution in [-0.2, 0) is 0 Å². The van der Waals surface area contributed by atoms with Crippen LogP contribution in [-0.4, -0.2) is 28.2 Å². The lowest BCUT2D eigenvalue weighted by molar-refractivity contribution is 0.0927. The molecule has 1 aromatic heterocycles. The minimum absolute atomic E-state index is 0.310. The van der Waals surface area contributed by atoms with Crippen molar-refractivity contribution in [2.75, 3.05) is 18.0 Å². The Hall–Kier alpha value is -1.94. The second kappa shape index (κ2) is 6.44. The second-order valence-corrected chi connectivity index (χ2v) is 6.13. The fourth-order valence-corrected chi connectivity index (χ4v) is 3.19. The summed E-state index contributed by atoms with van der Waals surface area (Å²) in [6.07, 6.45) is 1.56. The molecule has 0 saturated carbocycles. The Morgan fingerprint density at radius 1 is 1.05 bits per heavy atom. The van der Waals surface area contributed by atoms with E-state index in [1.807, 2.05) is 50.2 Å². The van der Waals surface area contributed by atoms with Crippen molar-refractivity contribution in [2.45, 2.75) is 32.8 Å². The number of hydrogen-bond donors (Lipinski definition) is 1. The molecule has 4 nitrogen and oxygen atoms in total. The smallest absolute Gasteiger partial charge is 0.225 e. The zero-order chi connectivity index (χ0) is 15.5. The first-order valence-corrected chi connectivity index (χ1v) is 7.94. The molecule has 1 aliphatic rings. The van der Waals surface area contributed by atoms with E-state index in [9.17, 15) is 5.11 Å². The molecule has 2 aromatic rings. The van der Waals surface area contributed by atoms with Crippen LogP contribution >= 0.6 is 0 Å². The van der Waals surface area contributed by atoms with Gasteiger partial charge >= 0.3 is 0 Å². The van der Waals surface area contributed by atoms with Gasteiger partial charge in [0.1, 0.15) is 0 Å². The van der Waals surface area contributed by atoms with Crippen molar-refractivity contribution in [3.63, 3.8) is 0 Å². The number of aromatic nitrogens is 2. The first kappa shape index (κ1) is 15.0. The predicted octanol–water partition coefficient (Wildman–Crippen LogP) is 3.04. The molecule has 1 aromatic carbocycles. The lowest BCUT2D eigenvalue weighted by Gasteiger charge is -2.34. The second-order valence-electron chi connectivity index (χ2n) is 6.13. The molecular formula is C18H23N3O. The van der Waals surface area contributed by atoms with E-state index in [1.54, 1.807) is 0 Å². The van der Waals surface area contributed by atoms with E-state index < -0.39 is 0 Å². The largest absolute Gasteiger partial charge is 0.388 e. The SMILES string of the molecule is Cc1cc(C)nc(N2CCC([C@@H](O)c3ccccc3)CC2)n1. The van der Waals surface area contributed by atoms with Crippen LogP contribution in [0.3, 0.4) is 0 Å². The highest BCUT2D eigenvalue weighted by atomic mass is 16.3. The number of hydrogen-bond acceptors (Lipinski definition) is 4. The summed E-state index contributed by atoms with van der Waals surface area (Å²) in [4.78, 5) is 11.3. The molecule has 0 amide bonds. The highest BCUT2D eigenvalue weighted by molar-refractivity contribution is 5.33. The molecule has 0 bridgehead atoms. The minimum Gasteiger partial charge on any atom is -0.388 e. The zero-order valence-corrected chi connectivity index (χ0v) is 13.2. The average molecular weight is 297 g/mol. The van der Waals surface area contributed by atoms with Crippen LogP contribution in [0.2, 0.25) is 0 Å². The van der Waals surface area contributed by atoms with Crippen molar-refractivity contribution in [2.24, 2.45) is 5.92 Å². The lowest BCUT2D eigenvalue weighted by atomic mass is 9.87. The van der Waals surface area contributed by atoms with Gasteiger partial charge in [-0.15, -0.1) is 0 Å². The Morgan fingerprint density at radius 3 is 2.23 bits per heavy atom. The quantitative estimate of drug-likeness (QED) is 0.946. The van der Waals surface area contributed by atoms with Crippen molar-refractivity contribution in [1.82, 2.24) is 9.97 Å². The number of piperidine rings is 1. The minimum atomic E-state index is -0.372. The molecule has 22 heavy (non-hydrogen) atoms. The molecule has 1 N–H and O–H groups in total. The van der Waals surface area contributed by atoms with Crippen molar-refractivity contribution >= 4 is 5.95 Å². The van der Waals surface area contributed by atoms with E-state index in [0.717, 1.165) is 48.8 Å². The molecule has 0 aliphatic carbocycles. The van der Waals surface area contributed by atoms with Gasteiger partial charge in [-0.3, -0.25) is 0 Å². The molecule has 2 heterocycles. The molecule has 116 valence electrons. The van der Waals surface area contributed by atoms with Crippen LogP contribution < -0.4 is 4.90 Å². The topological polar surface area (TPSA) is 49.2 Å². The molecular weight excluding hydrogens is 274 g/mol. The van der Waals surface area contributed by atoms with E-state index in [4.69, 9.17) is 0 Å². The van der Waals surface area contributed by atoms with Crippen molar-refractivity contribution in [1.29, 1.82) is 0 Å². The highest BCUT2D eigenvalue weighted by Crippen LogP contribution is 2.31. The Bertz CT molecular complexity index is 601. The predicted molar refractivity (Wildman–Crippen MR) is 87.8 cm³/mol. The number of anilines is 1. The van der Waals surface area contributed by atoms with E-state index in [2.05, 4.69) is 14.9 Å². The van der Waals surface area contributed by atoms with Gasteiger partial charge in [-0.25, -0.2) is 9.97 Å². The standard InChI is InChI=1S/C18H23N3O/c1-13-12-14(2)20-18(19-13)21-10-8-16(9-11-21)17(22)15-6-4-3-5-7-15/h3-7,12,16-17,22H,8-11H2,1-2H3/t17-/m0/s1. The molecule has 1 saturated heterocycles. The fraction of sp³-hybridized carbons (Fsp3) is 0.444. The Kier molecular flexibility index (Phi) is 4.39. The third kappa shape index (κ3) is 3.28. The van der Waals surface area contributed by atoms with Crippen LogP contribution in [0.25, 0.3) is 0 Å². The summed E-state index contributed by atoms with van der Waals surface area (Å²) >= 11 is 0. The maximum Gasteiger partial charge on any atom is 0.225 e. The maximum absolute atomic E-state index is 10.5. The molecule has 3 rings (SSSR count). The van der Waals surface area contributed by atoms with Crippen LogP contribution in [0.4, 0.5) is 5.95 Å². The Balaban J connectivity index is 1.65. The first-order chi connectivity index (χ1) is 10.6. The first-order valence-electron chi connectivity index (χ1n) is 7.94. The third-order valence-electron chi connectivity index (χ3n) is 4.38. The fourth-order valence-electron chi connectivity index (χ4n) is 3.19. The van der Waals surface area contributed by atoms with Crippen molar-refractivity contribution in [3.05, 3.63) is 53.3 Å². The molecule has 0 spiro atoms. The summed E-state index contributed by atoms with van der Waals surface area (Å²) in [5, 5.41) is 10.5. The zero-order valence-electron chi connectivity index (χ0n) is 13.2. The van der Waals surface area contributed by atoms with Gasteiger partial charge in [-0.2, -0.15) is 0 Å². The third-order valence-corrected chi connectivity index (χ3v) is 4.38. The van der Waals surface area contributed by atoms with Gasteiger partial charge in [0.05, 0.1) is 6.10 Å².